The van der Waals surface area contributed by atoms with Crippen molar-refractivity contribution in [3.63, 3.8) is 0 Å². The molecule has 1 aromatic carbocycles. The Hall–Kier alpha value is -1.26. The first kappa shape index (κ1) is 17.1. The van der Waals surface area contributed by atoms with E-state index in [0.717, 1.165) is 35.6 Å². The van der Waals surface area contributed by atoms with Gasteiger partial charge in [0.2, 0.25) is 0 Å². The summed E-state index contributed by atoms with van der Waals surface area (Å²) in [5.41, 5.74) is 1.14. The standard InChI is InChI=1S/C17H26ClN3O/c1-3-19-17(20-9-10-22-12-14-7-8-14)21-13(2)15-5-4-6-16(18)11-15/h4-6,11,13-14H,3,7-10,12H2,1-2H3,(H2,19,20,21). The molecule has 5 heteroatoms. The molecule has 1 aliphatic rings. The lowest BCUT2D eigenvalue weighted by Gasteiger charge is -2.18. The van der Waals surface area contributed by atoms with E-state index in [9.17, 15) is 0 Å². The maximum absolute atomic E-state index is 6.05. The van der Waals surface area contributed by atoms with Gasteiger partial charge in [-0.3, -0.25) is 4.99 Å². The number of aliphatic imine (C=N–C) groups is 1. The van der Waals surface area contributed by atoms with Crippen molar-refractivity contribution < 1.29 is 4.74 Å². The number of hydrogen-bond acceptors (Lipinski definition) is 2. The summed E-state index contributed by atoms with van der Waals surface area (Å²) in [7, 11) is 0. The first-order valence-electron chi connectivity index (χ1n) is 8.07. The van der Waals surface area contributed by atoms with Crippen molar-refractivity contribution in [3.05, 3.63) is 34.9 Å². The molecule has 0 aliphatic heterocycles. The monoisotopic (exact) mass is 323 g/mol. The highest BCUT2D eigenvalue weighted by molar-refractivity contribution is 6.30. The number of ether oxygens (including phenoxy) is 1. The highest BCUT2D eigenvalue weighted by Gasteiger charge is 2.20. The SMILES string of the molecule is CCNC(=NCCOCC1CC1)NC(C)c1cccc(Cl)c1. The summed E-state index contributed by atoms with van der Waals surface area (Å²) < 4.78 is 5.61. The minimum Gasteiger partial charge on any atom is -0.379 e. The number of hydrogen-bond donors (Lipinski definition) is 2. The van der Waals surface area contributed by atoms with Crippen LogP contribution in [0.3, 0.4) is 0 Å². The van der Waals surface area contributed by atoms with E-state index in [1.165, 1.54) is 12.8 Å². The molecule has 0 spiro atoms. The van der Waals surface area contributed by atoms with E-state index >= 15 is 0 Å². The summed E-state index contributed by atoms with van der Waals surface area (Å²) in [6.45, 7) is 7.23. The Kier molecular flexibility index (Phi) is 7.00. The van der Waals surface area contributed by atoms with Crippen LogP contribution < -0.4 is 10.6 Å². The second-order valence-electron chi connectivity index (χ2n) is 5.70. The molecule has 1 fully saturated rings. The number of halogens is 1. The number of rotatable bonds is 8. The molecule has 122 valence electrons. The van der Waals surface area contributed by atoms with Gasteiger partial charge in [-0.1, -0.05) is 23.7 Å². The van der Waals surface area contributed by atoms with Gasteiger partial charge in [0.15, 0.2) is 5.96 Å². The fourth-order valence-corrected chi connectivity index (χ4v) is 2.34. The van der Waals surface area contributed by atoms with E-state index in [2.05, 4.69) is 35.5 Å². The number of nitrogens with zero attached hydrogens (tertiary/aromatic N) is 1. The summed E-state index contributed by atoms with van der Waals surface area (Å²) >= 11 is 6.05. The van der Waals surface area contributed by atoms with Gasteiger partial charge in [-0.25, -0.2) is 0 Å². The third-order valence-corrected chi connectivity index (χ3v) is 3.84. The topological polar surface area (TPSA) is 45.7 Å². The van der Waals surface area contributed by atoms with E-state index in [1.807, 2.05) is 18.2 Å². The largest absolute Gasteiger partial charge is 0.379 e. The van der Waals surface area contributed by atoms with Crippen molar-refractivity contribution >= 4 is 17.6 Å². The molecule has 1 unspecified atom stereocenters. The van der Waals surface area contributed by atoms with E-state index in [1.54, 1.807) is 0 Å². The van der Waals surface area contributed by atoms with Crippen LogP contribution in [0.15, 0.2) is 29.3 Å². The van der Waals surface area contributed by atoms with Crippen LogP contribution in [0.4, 0.5) is 0 Å². The molecular formula is C17H26ClN3O. The van der Waals surface area contributed by atoms with Crippen molar-refractivity contribution in [1.82, 2.24) is 10.6 Å². The predicted molar refractivity (Wildman–Crippen MR) is 92.5 cm³/mol. The van der Waals surface area contributed by atoms with Crippen LogP contribution in [0.5, 0.6) is 0 Å². The van der Waals surface area contributed by atoms with E-state index in [0.29, 0.717) is 13.2 Å². The van der Waals surface area contributed by atoms with Gasteiger partial charge in [-0.15, -0.1) is 0 Å². The maximum atomic E-state index is 6.05. The van der Waals surface area contributed by atoms with Crippen molar-refractivity contribution in [1.29, 1.82) is 0 Å². The summed E-state index contributed by atoms with van der Waals surface area (Å²) in [4.78, 5) is 4.56. The average Bonchev–Trinajstić information content (AvgIpc) is 3.31. The number of benzene rings is 1. The van der Waals surface area contributed by atoms with Crippen LogP contribution in [-0.4, -0.2) is 32.3 Å². The van der Waals surface area contributed by atoms with Gasteiger partial charge in [-0.2, -0.15) is 0 Å². The Labute approximate surface area is 138 Å². The zero-order chi connectivity index (χ0) is 15.8. The molecular weight excluding hydrogens is 298 g/mol. The molecule has 2 N–H and O–H groups in total. The molecule has 1 aromatic rings. The molecule has 2 rings (SSSR count). The van der Waals surface area contributed by atoms with Crippen LogP contribution >= 0.6 is 11.6 Å². The van der Waals surface area contributed by atoms with Crippen molar-refractivity contribution in [2.24, 2.45) is 10.9 Å². The molecule has 0 saturated heterocycles. The van der Waals surface area contributed by atoms with Gasteiger partial charge in [0, 0.05) is 18.2 Å². The van der Waals surface area contributed by atoms with E-state index in [4.69, 9.17) is 16.3 Å². The van der Waals surface area contributed by atoms with Crippen molar-refractivity contribution in [2.45, 2.75) is 32.7 Å². The highest BCUT2D eigenvalue weighted by Crippen LogP contribution is 2.28. The molecule has 1 saturated carbocycles. The Morgan fingerprint density at radius 1 is 1.45 bits per heavy atom. The Bertz CT molecular complexity index is 489. The molecule has 0 bridgehead atoms. The molecule has 4 nitrogen and oxygen atoms in total. The Balaban J connectivity index is 1.80. The molecule has 0 heterocycles. The number of nitrogens with one attached hydrogen (secondary N) is 2. The van der Waals surface area contributed by atoms with Crippen LogP contribution in [0.1, 0.15) is 38.3 Å². The first-order valence-corrected chi connectivity index (χ1v) is 8.45. The minimum atomic E-state index is 0.142. The smallest absolute Gasteiger partial charge is 0.191 e. The van der Waals surface area contributed by atoms with Gasteiger partial charge < -0.3 is 15.4 Å². The van der Waals surface area contributed by atoms with Gasteiger partial charge in [0.25, 0.3) is 0 Å². The second kappa shape index (κ2) is 9.01. The summed E-state index contributed by atoms with van der Waals surface area (Å²) in [6, 6.07) is 8.02. The van der Waals surface area contributed by atoms with Crippen LogP contribution in [0, 0.1) is 5.92 Å². The van der Waals surface area contributed by atoms with Gasteiger partial charge >= 0.3 is 0 Å². The molecule has 0 aromatic heterocycles. The molecule has 0 amide bonds. The lowest BCUT2D eigenvalue weighted by Crippen LogP contribution is -2.39. The molecule has 0 radical (unpaired) electrons. The second-order valence-corrected chi connectivity index (χ2v) is 6.14. The zero-order valence-corrected chi connectivity index (χ0v) is 14.2. The predicted octanol–water partition coefficient (Wildman–Crippen LogP) is 3.38. The maximum Gasteiger partial charge on any atom is 0.191 e. The van der Waals surface area contributed by atoms with Crippen molar-refractivity contribution in [3.8, 4) is 0 Å². The fraction of sp³-hybridized carbons (Fsp3) is 0.588. The first-order chi connectivity index (χ1) is 10.7. The van der Waals surface area contributed by atoms with Gasteiger partial charge in [0.1, 0.15) is 0 Å². The quantitative estimate of drug-likeness (QED) is 0.438. The Morgan fingerprint density at radius 2 is 2.27 bits per heavy atom. The van der Waals surface area contributed by atoms with E-state index in [-0.39, 0.29) is 6.04 Å². The summed E-state index contributed by atoms with van der Waals surface area (Å²) in [6.07, 6.45) is 2.65. The van der Waals surface area contributed by atoms with Crippen LogP contribution in [0.2, 0.25) is 5.02 Å². The lowest BCUT2D eigenvalue weighted by atomic mass is 10.1. The molecule has 1 atom stereocenters. The third-order valence-electron chi connectivity index (χ3n) is 3.60. The minimum absolute atomic E-state index is 0.142. The number of guanidine groups is 1. The average molecular weight is 324 g/mol. The zero-order valence-electron chi connectivity index (χ0n) is 13.4. The third kappa shape index (κ3) is 6.24. The van der Waals surface area contributed by atoms with Crippen LogP contribution in [0.25, 0.3) is 0 Å². The summed E-state index contributed by atoms with van der Waals surface area (Å²) in [5, 5.41) is 7.41. The van der Waals surface area contributed by atoms with Gasteiger partial charge in [0.05, 0.1) is 19.2 Å². The lowest BCUT2D eigenvalue weighted by molar-refractivity contribution is 0.131. The highest BCUT2D eigenvalue weighted by atomic mass is 35.5. The van der Waals surface area contributed by atoms with E-state index < -0.39 is 0 Å². The fourth-order valence-electron chi connectivity index (χ4n) is 2.14. The van der Waals surface area contributed by atoms with Crippen molar-refractivity contribution in [2.75, 3.05) is 26.3 Å². The molecule has 1 aliphatic carbocycles. The normalized spacial score (nSPS) is 16.4. The molecule has 22 heavy (non-hydrogen) atoms. The summed E-state index contributed by atoms with van der Waals surface area (Å²) in [5.74, 6) is 1.61. The van der Waals surface area contributed by atoms with Crippen LogP contribution in [-0.2, 0) is 4.74 Å². The Morgan fingerprint density at radius 3 is 2.95 bits per heavy atom. The van der Waals surface area contributed by atoms with Gasteiger partial charge in [-0.05, 0) is 50.3 Å².